The second kappa shape index (κ2) is 8.43. The molecule has 0 bridgehead atoms. The molecule has 2 rings (SSSR count). The maximum absolute atomic E-state index is 11.2. The van der Waals surface area contributed by atoms with Crippen LogP contribution in [0.4, 0.5) is 5.69 Å². The van der Waals surface area contributed by atoms with Crippen LogP contribution in [0, 0.1) is 0 Å². The number of anilines is 1. The van der Waals surface area contributed by atoms with Gasteiger partial charge in [0.05, 0.1) is 22.9 Å². The third-order valence-corrected chi connectivity index (χ3v) is 4.04. The van der Waals surface area contributed by atoms with Crippen LogP contribution in [0.5, 0.6) is 5.75 Å². The van der Waals surface area contributed by atoms with Gasteiger partial charge in [-0.15, -0.1) is 0 Å². The summed E-state index contributed by atoms with van der Waals surface area (Å²) in [6.45, 7) is 1.03. The number of carbonyl (C=O) groups is 1. The number of halogens is 3. The van der Waals surface area contributed by atoms with E-state index in [4.69, 9.17) is 27.9 Å². The number of hydrogen-bond acceptors (Lipinski definition) is 3. The molecule has 0 saturated heterocycles. The molecule has 122 valence electrons. The van der Waals surface area contributed by atoms with Crippen LogP contribution in [0.15, 0.2) is 40.9 Å². The van der Waals surface area contributed by atoms with E-state index in [2.05, 4.69) is 21.2 Å². The average Bonchev–Trinajstić information content (AvgIpc) is 2.50. The molecular formula is C16H14BrCl2NO3. The van der Waals surface area contributed by atoms with Gasteiger partial charge in [0, 0.05) is 16.0 Å². The van der Waals surface area contributed by atoms with Crippen LogP contribution >= 0.6 is 39.1 Å². The van der Waals surface area contributed by atoms with Gasteiger partial charge in [-0.05, 0) is 42.8 Å². The Morgan fingerprint density at radius 3 is 2.57 bits per heavy atom. The minimum absolute atomic E-state index is 0.0522. The van der Waals surface area contributed by atoms with E-state index >= 15 is 0 Å². The molecule has 0 aliphatic carbocycles. The molecule has 0 spiro atoms. The molecule has 2 aromatic carbocycles. The highest BCUT2D eigenvalue weighted by Crippen LogP contribution is 2.30. The second-order valence-electron chi connectivity index (χ2n) is 4.70. The molecule has 2 aromatic rings. The number of carboxylic acids is 1. The van der Waals surface area contributed by atoms with E-state index in [0.717, 1.165) is 10.2 Å². The lowest BCUT2D eigenvalue weighted by Crippen LogP contribution is -2.11. The number of nitrogens with one attached hydrogen (secondary N) is 1. The Balaban J connectivity index is 1.87. The number of aromatic carboxylic acids is 1. The molecule has 7 heteroatoms. The largest absolute Gasteiger partial charge is 0.494 e. The molecule has 0 aliphatic heterocycles. The fourth-order valence-electron chi connectivity index (χ4n) is 1.93. The maximum atomic E-state index is 11.2. The quantitative estimate of drug-likeness (QED) is 0.596. The SMILES string of the molecule is O=C(O)c1cc(Cl)cc(Cl)c1NCCCOc1ccc(Br)cc1. The highest BCUT2D eigenvalue weighted by molar-refractivity contribution is 9.10. The zero-order valence-corrected chi connectivity index (χ0v) is 15.1. The molecule has 0 unspecified atom stereocenters. The molecule has 2 N–H and O–H groups in total. The Kier molecular flexibility index (Phi) is 6.57. The van der Waals surface area contributed by atoms with Crippen molar-refractivity contribution in [2.45, 2.75) is 6.42 Å². The van der Waals surface area contributed by atoms with Crippen LogP contribution in [0.25, 0.3) is 0 Å². The van der Waals surface area contributed by atoms with Crippen molar-refractivity contribution in [2.24, 2.45) is 0 Å². The zero-order valence-electron chi connectivity index (χ0n) is 12.0. The van der Waals surface area contributed by atoms with Crippen molar-refractivity contribution in [3.63, 3.8) is 0 Å². The minimum atomic E-state index is -1.08. The van der Waals surface area contributed by atoms with E-state index < -0.39 is 5.97 Å². The number of ether oxygens (including phenoxy) is 1. The molecular weight excluding hydrogens is 405 g/mol. The smallest absolute Gasteiger partial charge is 0.337 e. The summed E-state index contributed by atoms with van der Waals surface area (Å²) in [5.41, 5.74) is 0.420. The van der Waals surface area contributed by atoms with E-state index in [1.165, 1.54) is 12.1 Å². The van der Waals surface area contributed by atoms with Crippen molar-refractivity contribution in [3.8, 4) is 5.75 Å². The summed E-state index contributed by atoms with van der Waals surface area (Å²) in [6, 6.07) is 10.4. The lowest BCUT2D eigenvalue weighted by molar-refractivity contribution is 0.0698. The summed E-state index contributed by atoms with van der Waals surface area (Å²) in [5, 5.41) is 12.8. The average molecular weight is 419 g/mol. The summed E-state index contributed by atoms with van der Waals surface area (Å²) in [5.74, 6) is -0.299. The van der Waals surface area contributed by atoms with Crippen molar-refractivity contribution >= 4 is 50.8 Å². The summed E-state index contributed by atoms with van der Waals surface area (Å²) in [7, 11) is 0. The van der Waals surface area contributed by atoms with Gasteiger partial charge < -0.3 is 15.2 Å². The fraction of sp³-hybridized carbons (Fsp3) is 0.188. The second-order valence-corrected chi connectivity index (χ2v) is 6.46. The van der Waals surface area contributed by atoms with Crippen LogP contribution in [0.2, 0.25) is 10.0 Å². The third kappa shape index (κ3) is 5.30. The zero-order chi connectivity index (χ0) is 16.8. The van der Waals surface area contributed by atoms with Gasteiger partial charge in [0.15, 0.2) is 0 Å². The molecule has 0 fully saturated rings. The van der Waals surface area contributed by atoms with Gasteiger partial charge in [0.25, 0.3) is 0 Å². The minimum Gasteiger partial charge on any atom is -0.494 e. The number of carboxylic acid groups (broad SMARTS) is 1. The molecule has 0 amide bonds. The van der Waals surface area contributed by atoms with Crippen molar-refractivity contribution in [1.29, 1.82) is 0 Å². The number of rotatable bonds is 7. The summed E-state index contributed by atoms with van der Waals surface area (Å²) >= 11 is 15.2. The fourth-order valence-corrected chi connectivity index (χ4v) is 2.75. The molecule has 23 heavy (non-hydrogen) atoms. The van der Waals surface area contributed by atoms with Crippen LogP contribution in [-0.2, 0) is 0 Å². The van der Waals surface area contributed by atoms with E-state index in [-0.39, 0.29) is 15.6 Å². The van der Waals surface area contributed by atoms with Gasteiger partial charge in [-0.1, -0.05) is 39.1 Å². The van der Waals surface area contributed by atoms with Crippen LogP contribution in [-0.4, -0.2) is 24.2 Å². The van der Waals surface area contributed by atoms with Crippen molar-refractivity contribution < 1.29 is 14.6 Å². The Hall–Kier alpha value is -1.43. The topological polar surface area (TPSA) is 58.6 Å². The van der Waals surface area contributed by atoms with Crippen molar-refractivity contribution in [3.05, 3.63) is 56.5 Å². The standard InChI is InChI=1S/C16H14BrCl2NO3/c17-10-2-4-12(5-3-10)23-7-1-6-20-15-13(16(21)22)8-11(18)9-14(15)19/h2-5,8-9,20H,1,6-7H2,(H,21,22). The van der Waals surface area contributed by atoms with Crippen molar-refractivity contribution in [1.82, 2.24) is 0 Å². The monoisotopic (exact) mass is 417 g/mol. The Morgan fingerprint density at radius 2 is 1.91 bits per heavy atom. The van der Waals surface area contributed by atoms with E-state index in [1.807, 2.05) is 24.3 Å². The summed E-state index contributed by atoms with van der Waals surface area (Å²) < 4.78 is 6.59. The Bertz CT molecular complexity index is 692. The van der Waals surface area contributed by atoms with Gasteiger partial charge >= 0.3 is 5.97 Å². The highest BCUT2D eigenvalue weighted by atomic mass is 79.9. The third-order valence-electron chi connectivity index (χ3n) is 2.99. The molecule has 0 atom stereocenters. The summed E-state index contributed by atoms with van der Waals surface area (Å²) in [6.07, 6.45) is 0.689. The molecule has 0 aliphatic rings. The van der Waals surface area contributed by atoms with Gasteiger partial charge in [-0.25, -0.2) is 4.79 Å². The lowest BCUT2D eigenvalue weighted by atomic mass is 10.1. The lowest BCUT2D eigenvalue weighted by Gasteiger charge is -2.12. The van der Waals surface area contributed by atoms with Gasteiger partial charge in [0.2, 0.25) is 0 Å². The molecule has 0 aromatic heterocycles. The van der Waals surface area contributed by atoms with Crippen LogP contribution in [0.1, 0.15) is 16.8 Å². The van der Waals surface area contributed by atoms with Crippen molar-refractivity contribution in [2.75, 3.05) is 18.5 Å². The Morgan fingerprint density at radius 1 is 1.22 bits per heavy atom. The first-order valence-electron chi connectivity index (χ1n) is 6.82. The number of benzene rings is 2. The predicted octanol–water partition coefficient (Wildman–Crippen LogP) is 5.34. The van der Waals surface area contributed by atoms with Crippen LogP contribution in [0.3, 0.4) is 0 Å². The normalized spacial score (nSPS) is 10.4. The van der Waals surface area contributed by atoms with E-state index in [0.29, 0.717) is 25.3 Å². The Labute approximate surface area is 152 Å². The van der Waals surface area contributed by atoms with Gasteiger partial charge in [-0.2, -0.15) is 0 Å². The van der Waals surface area contributed by atoms with Crippen LogP contribution < -0.4 is 10.1 Å². The molecule has 4 nitrogen and oxygen atoms in total. The number of hydrogen-bond donors (Lipinski definition) is 2. The first kappa shape index (κ1) is 17.9. The van der Waals surface area contributed by atoms with E-state index in [9.17, 15) is 9.90 Å². The van der Waals surface area contributed by atoms with Gasteiger partial charge in [0.1, 0.15) is 5.75 Å². The highest BCUT2D eigenvalue weighted by Gasteiger charge is 2.14. The van der Waals surface area contributed by atoms with Gasteiger partial charge in [-0.3, -0.25) is 0 Å². The molecule has 0 heterocycles. The first-order valence-corrected chi connectivity index (χ1v) is 8.37. The first-order chi connectivity index (χ1) is 11.0. The van der Waals surface area contributed by atoms with E-state index in [1.54, 1.807) is 0 Å². The molecule has 0 radical (unpaired) electrons. The summed E-state index contributed by atoms with van der Waals surface area (Å²) in [4.78, 5) is 11.2. The predicted molar refractivity (Wildman–Crippen MR) is 96.2 cm³/mol. The maximum Gasteiger partial charge on any atom is 0.337 e. The molecule has 0 saturated carbocycles.